The quantitative estimate of drug-likeness (QED) is 0.883. The standard InChI is InChI=1S/C13H16FN3O/c1-10(15)12-8-11(14)2-3-13(12)18-7-6-17-5-4-16-9-17/h2-5,8-10H,6-7,15H2,1H3. The van der Waals surface area contributed by atoms with E-state index in [1.807, 2.05) is 10.8 Å². The first-order chi connectivity index (χ1) is 8.66. The zero-order chi connectivity index (χ0) is 13.0. The summed E-state index contributed by atoms with van der Waals surface area (Å²) >= 11 is 0. The molecule has 1 heterocycles. The molecule has 0 amide bonds. The van der Waals surface area contributed by atoms with Gasteiger partial charge >= 0.3 is 0 Å². The maximum atomic E-state index is 13.1. The molecule has 2 rings (SSSR count). The van der Waals surface area contributed by atoms with E-state index in [1.54, 1.807) is 25.5 Å². The molecule has 0 bridgehead atoms. The largest absolute Gasteiger partial charge is 0.491 e. The molecule has 1 aromatic carbocycles. The normalized spacial score (nSPS) is 12.4. The van der Waals surface area contributed by atoms with Crippen LogP contribution in [0, 0.1) is 5.82 Å². The minimum atomic E-state index is -0.302. The minimum Gasteiger partial charge on any atom is -0.491 e. The van der Waals surface area contributed by atoms with Crippen LogP contribution in [0.5, 0.6) is 5.75 Å². The lowest BCUT2D eigenvalue weighted by Crippen LogP contribution is -2.11. The molecule has 2 aromatic rings. The Morgan fingerprint density at radius 3 is 3.00 bits per heavy atom. The SMILES string of the molecule is CC(N)c1cc(F)ccc1OCCn1ccnc1. The Morgan fingerprint density at radius 2 is 2.33 bits per heavy atom. The lowest BCUT2D eigenvalue weighted by atomic mass is 10.1. The third-order valence-electron chi connectivity index (χ3n) is 2.63. The van der Waals surface area contributed by atoms with Gasteiger partial charge < -0.3 is 15.0 Å². The maximum Gasteiger partial charge on any atom is 0.124 e. The third kappa shape index (κ3) is 3.07. The summed E-state index contributed by atoms with van der Waals surface area (Å²) in [6.45, 7) is 2.98. The number of benzene rings is 1. The zero-order valence-corrected chi connectivity index (χ0v) is 10.2. The number of hydrogen-bond donors (Lipinski definition) is 1. The van der Waals surface area contributed by atoms with Crippen LogP contribution in [0.15, 0.2) is 36.9 Å². The van der Waals surface area contributed by atoms with Gasteiger partial charge in [-0.25, -0.2) is 9.37 Å². The van der Waals surface area contributed by atoms with Crippen LogP contribution in [0.1, 0.15) is 18.5 Å². The average molecular weight is 249 g/mol. The van der Waals surface area contributed by atoms with E-state index < -0.39 is 0 Å². The fourth-order valence-corrected chi connectivity index (χ4v) is 1.69. The molecule has 0 aliphatic heterocycles. The van der Waals surface area contributed by atoms with E-state index in [9.17, 15) is 4.39 Å². The molecule has 0 saturated heterocycles. The van der Waals surface area contributed by atoms with Crippen LogP contribution in [0.25, 0.3) is 0 Å². The Labute approximate surface area is 105 Å². The van der Waals surface area contributed by atoms with Gasteiger partial charge in [0.25, 0.3) is 0 Å². The fourth-order valence-electron chi connectivity index (χ4n) is 1.69. The number of ether oxygens (including phenoxy) is 1. The number of rotatable bonds is 5. The highest BCUT2D eigenvalue weighted by molar-refractivity contribution is 5.36. The summed E-state index contributed by atoms with van der Waals surface area (Å²) in [7, 11) is 0. The van der Waals surface area contributed by atoms with Crippen LogP contribution in [-0.4, -0.2) is 16.2 Å². The smallest absolute Gasteiger partial charge is 0.124 e. The van der Waals surface area contributed by atoms with Crippen molar-refractivity contribution in [1.29, 1.82) is 0 Å². The fraction of sp³-hybridized carbons (Fsp3) is 0.308. The Hall–Kier alpha value is -1.88. The van der Waals surface area contributed by atoms with Gasteiger partial charge in [-0.3, -0.25) is 0 Å². The molecule has 1 unspecified atom stereocenters. The topological polar surface area (TPSA) is 53.1 Å². The summed E-state index contributed by atoms with van der Waals surface area (Å²) < 4.78 is 20.7. The lowest BCUT2D eigenvalue weighted by molar-refractivity contribution is 0.293. The molecule has 4 nitrogen and oxygen atoms in total. The van der Waals surface area contributed by atoms with Gasteiger partial charge in [-0.1, -0.05) is 0 Å². The van der Waals surface area contributed by atoms with Gasteiger partial charge in [-0.2, -0.15) is 0 Å². The van der Waals surface area contributed by atoms with Crippen molar-refractivity contribution in [2.24, 2.45) is 5.73 Å². The van der Waals surface area contributed by atoms with Gasteiger partial charge in [0.2, 0.25) is 0 Å². The molecule has 0 radical (unpaired) electrons. The van der Waals surface area contributed by atoms with E-state index in [2.05, 4.69) is 4.98 Å². The van der Waals surface area contributed by atoms with Gasteiger partial charge in [0.05, 0.1) is 12.9 Å². The second-order valence-electron chi connectivity index (χ2n) is 4.12. The molecule has 0 spiro atoms. The highest BCUT2D eigenvalue weighted by Crippen LogP contribution is 2.24. The molecule has 0 fully saturated rings. The number of imidazole rings is 1. The highest BCUT2D eigenvalue weighted by Gasteiger charge is 2.09. The first kappa shape index (κ1) is 12.6. The van der Waals surface area contributed by atoms with Crippen LogP contribution in [0.3, 0.4) is 0 Å². The molecule has 5 heteroatoms. The Kier molecular flexibility index (Phi) is 3.94. The monoisotopic (exact) mass is 249 g/mol. The second kappa shape index (κ2) is 5.64. The van der Waals surface area contributed by atoms with Crippen LogP contribution < -0.4 is 10.5 Å². The first-order valence-electron chi connectivity index (χ1n) is 5.80. The second-order valence-corrected chi connectivity index (χ2v) is 4.12. The van der Waals surface area contributed by atoms with Gasteiger partial charge in [-0.15, -0.1) is 0 Å². The van der Waals surface area contributed by atoms with E-state index in [4.69, 9.17) is 10.5 Å². The van der Waals surface area contributed by atoms with Crippen molar-refractivity contribution in [2.75, 3.05) is 6.61 Å². The molecule has 1 atom stereocenters. The Balaban J connectivity index is 2.00. The van der Waals surface area contributed by atoms with Gasteiger partial charge in [-0.05, 0) is 25.1 Å². The summed E-state index contributed by atoms with van der Waals surface area (Å²) in [6, 6.07) is 4.14. The molecule has 96 valence electrons. The summed E-state index contributed by atoms with van der Waals surface area (Å²) in [5.41, 5.74) is 6.47. The summed E-state index contributed by atoms with van der Waals surface area (Å²) in [6.07, 6.45) is 5.30. The van der Waals surface area contributed by atoms with E-state index in [0.29, 0.717) is 24.5 Å². The van der Waals surface area contributed by atoms with Crippen LogP contribution in [0.4, 0.5) is 4.39 Å². The minimum absolute atomic E-state index is 0.260. The van der Waals surface area contributed by atoms with Gasteiger partial charge in [0.15, 0.2) is 0 Å². The number of aromatic nitrogens is 2. The number of halogens is 1. The molecular weight excluding hydrogens is 233 g/mol. The van der Waals surface area contributed by atoms with E-state index >= 15 is 0 Å². The van der Waals surface area contributed by atoms with Crippen molar-refractivity contribution in [3.05, 3.63) is 48.3 Å². The molecular formula is C13H16FN3O. The van der Waals surface area contributed by atoms with Gasteiger partial charge in [0, 0.05) is 24.0 Å². The van der Waals surface area contributed by atoms with Crippen LogP contribution in [-0.2, 0) is 6.54 Å². The van der Waals surface area contributed by atoms with Crippen molar-refractivity contribution < 1.29 is 9.13 Å². The summed E-state index contributed by atoms with van der Waals surface area (Å²) in [5.74, 6) is 0.329. The van der Waals surface area contributed by atoms with Crippen molar-refractivity contribution in [2.45, 2.75) is 19.5 Å². The molecule has 0 aliphatic carbocycles. The molecule has 18 heavy (non-hydrogen) atoms. The number of hydrogen-bond acceptors (Lipinski definition) is 3. The molecule has 0 saturated carbocycles. The predicted molar refractivity (Wildman–Crippen MR) is 66.7 cm³/mol. The summed E-state index contributed by atoms with van der Waals surface area (Å²) in [5, 5.41) is 0. The predicted octanol–water partition coefficient (Wildman–Crippen LogP) is 2.12. The number of nitrogens with zero attached hydrogens (tertiary/aromatic N) is 2. The first-order valence-corrected chi connectivity index (χ1v) is 5.80. The Morgan fingerprint density at radius 1 is 1.50 bits per heavy atom. The van der Waals surface area contributed by atoms with E-state index in [1.165, 1.54) is 12.1 Å². The zero-order valence-electron chi connectivity index (χ0n) is 10.2. The average Bonchev–Trinajstić information content (AvgIpc) is 2.84. The van der Waals surface area contributed by atoms with Crippen molar-refractivity contribution >= 4 is 0 Å². The lowest BCUT2D eigenvalue weighted by Gasteiger charge is -2.14. The Bertz CT molecular complexity index is 497. The molecule has 0 aliphatic rings. The van der Waals surface area contributed by atoms with E-state index in [-0.39, 0.29) is 11.9 Å². The molecule has 2 N–H and O–H groups in total. The van der Waals surface area contributed by atoms with Crippen LogP contribution in [0.2, 0.25) is 0 Å². The van der Waals surface area contributed by atoms with Crippen LogP contribution >= 0.6 is 0 Å². The third-order valence-corrected chi connectivity index (χ3v) is 2.63. The maximum absolute atomic E-state index is 13.1. The van der Waals surface area contributed by atoms with E-state index in [0.717, 1.165) is 0 Å². The summed E-state index contributed by atoms with van der Waals surface area (Å²) in [4.78, 5) is 3.94. The van der Waals surface area contributed by atoms with Crippen molar-refractivity contribution in [3.8, 4) is 5.75 Å². The highest BCUT2D eigenvalue weighted by atomic mass is 19.1. The van der Waals surface area contributed by atoms with Crippen molar-refractivity contribution in [3.63, 3.8) is 0 Å². The molecule has 1 aromatic heterocycles. The van der Waals surface area contributed by atoms with Gasteiger partial charge in [0.1, 0.15) is 18.2 Å². The number of nitrogens with two attached hydrogens (primary N) is 1. The van der Waals surface area contributed by atoms with Crippen molar-refractivity contribution in [1.82, 2.24) is 9.55 Å².